The molecule has 1 aliphatic rings. The van der Waals surface area contributed by atoms with Crippen LogP contribution in [-0.2, 0) is 16.6 Å². The Bertz CT molecular complexity index is 819. The maximum atomic E-state index is 12.7. The molecule has 0 atom stereocenters. The maximum absolute atomic E-state index is 12.7. The largest absolute Gasteiger partial charge is 0.486 e. The predicted octanol–water partition coefficient (Wildman–Crippen LogP) is 3.00. The van der Waals surface area contributed by atoms with Crippen LogP contribution < -0.4 is 9.47 Å². The van der Waals surface area contributed by atoms with E-state index in [0.717, 1.165) is 10.5 Å². The quantitative estimate of drug-likeness (QED) is 0.763. The SMILES string of the molecule is CSc1ccc(S(=O)(=O)N(C)Cc2ccc3c(c2)OCCO3)cc1. The molecule has 7 heteroatoms. The first-order valence-corrected chi connectivity index (χ1v) is 10.2. The van der Waals surface area contributed by atoms with Gasteiger partial charge in [0.1, 0.15) is 13.2 Å². The standard InChI is InChI=1S/C17H19NO4S2/c1-18(24(19,20)15-6-4-14(23-2)5-7-15)12-13-3-8-16-17(11-13)22-10-9-21-16/h3-8,11H,9-10,12H2,1-2H3. The number of thioether (sulfide) groups is 1. The van der Waals surface area contributed by atoms with E-state index in [-0.39, 0.29) is 6.54 Å². The van der Waals surface area contributed by atoms with Crippen molar-refractivity contribution < 1.29 is 17.9 Å². The summed E-state index contributed by atoms with van der Waals surface area (Å²) < 4.78 is 37.7. The van der Waals surface area contributed by atoms with Gasteiger partial charge in [0.25, 0.3) is 0 Å². The summed E-state index contributed by atoms with van der Waals surface area (Å²) in [6, 6.07) is 12.4. The summed E-state index contributed by atoms with van der Waals surface area (Å²) in [4.78, 5) is 1.32. The fourth-order valence-corrected chi connectivity index (χ4v) is 4.02. The van der Waals surface area contributed by atoms with Crippen molar-refractivity contribution in [3.05, 3.63) is 48.0 Å². The molecule has 128 valence electrons. The minimum Gasteiger partial charge on any atom is -0.486 e. The highest BCUT2D eigenvalue weighted by Crippen LogP contribution is 2.31. The third kappa shape index (κ3) is 3.53. The molecule has 0 aliphatic carbocycles. The number of hydrogen-bond donors (Lipinski definition) is 0. The van der Waals surface area contributed by atoms with Gasteiger partial charge in [-0.25, -0.2) is 8.42 Å². The van der Waals surface area contributed by atoms with Gasteiger partial charge >= 0.3 is 0 Å². The Kier molecular flexibility index (Phi) is 5.03. The Labute approximate surface area is 146 Å². The van der Waals surface area contributed by atoms with E-state index in [1.165, 1.54) is 4.31 Å². The van der Waals surface area contributed by atoms with E-state index in [0.29, 0.717) is 29.6 Å². The number of rotatable bonds is 5. The van der Waals surface area contributed by atoms with Crippen molar-refractivity contribution in [3.63, 3.8) is 0 Å². The summed E-state index contributed by atoms with van der Waals surface area (Å²) in [5, 5.41) is 0. The van der Waals surface area contributed by atoms with E-state index in [2.05, 4.69) is 0 Å². The van der Waals surface area contributed by atoms with Crippen LogP contribution in [0, 0.1) is 0 Å². The Morgan fingerprint density at radius 2 is 1.71 bits per heavy atom. The number of ether oxygens (including phenoxy) is 2. The fourth-order valence-electron chi connectivity index (χ4n) is 2.46. The summed E-state index contributed by atoms with van der Waals surface area (Å²) in [5.74, 6) is 1.36. The molecule has 0 amide bonds. The Morgan fingerprint density at radius 3 is 2.38 bits per heavy atom. The van der Waals surface area contributed by atoms with Crippen molar-refractivity contribution in [1.82, 2.24) is 4.31 Å². The van der Waals surface area contributed by atoms with Crippen molar-refractivity contribution >= 4 is 21.8 Å². The van der Waals surface area contributed by atoms with Gasteiger partial charge in [0, 0.05) is 18.5 Å². The molecule has 24 heavy (non-hydrogen) atoms. The zero-order valence-electron chi connectivity index (χ0n) is 13.6. The topological polar surface area (TPSA) is 55.8 Å². The van der Waals surface area contributed by atoms with Crippen molar-refractivity contribution in [2.24, 2.45) is 0 Å². The third-order valence-electron chi connectivity index (χ3n) is 3.78. The summed E-state index contributed by atoms with van der Waals surface area (Å²) >= 11 is 1.58. The molecule has 0 unspecified atom stereocenters. The number of hydrogen-bond acceptors (Lipinski definition) is 5. The smallest absolute Gasteiger partial charge is 0.243 e. The second kappa shape index (κ2) is 7.04. The van der Waals surface area contributed by atoms with Gasteiger partial charge in [0.2, 0.25) is 10.0 Å². The van der Waals surface area contributed by atoms with E-state index >= 15 is 0 Å². The molecule has 3 rings (SSSR count). The van der Waals surface area contributed by atoms with Crippen molar-refractivity contribution in [2.45, 2.75) is 16.3 Å². The van der Waals surface area contributed by atoms with Crippen molar-refractivity contribution in [3.8, 4) is 11.5 Å². The van der Waals surface area contributed by atoms with Gasteiger partial charge in [-0.05, 0) is 48.2 Å². The first-order valence-electron chi connectivity index (χ1n) is 7.49. The van der Waals surface area contributed by atoms with Gasteiger partial charge < -0.3 is 9.47 Å². The molecule has 5 nitrogen and oxygen atoms in total. The molecule has 0 saturated heterocycles. The Morgan fingerprint density at radius 1 is 1.04 bits per heavy atom. The number of nitrogens with zero attached hydrogens (tertiary/aromatic N) is 1. The summed E-state index contributed by atoms with van der Waals surface area (Å²) in [7, 11) is -1.95. The predicted molar refractivity (Wildman–Crippen MR) is 94.3 cm³/mol. The Balaban J connectivity index is 1.78. The van der Waals surface area contributed by atoms with Crippen LogP contribution in [0.3, 0.4) is 0 Å². The summed E-state index contributed by atoms with van der Waals surface area (Å²) in [6.07, 6.45) is 1.96. The summed E-state index contributed by atoms with van der Waals surface area (Å²) in [6.45, 7) is 1.31. The average Bonchev–Trinajstić information content (AvgIpc) is 2.61. The molecule has 1 heterocycles. The van der Waals surface area contributed by atoms with E-state index < -0.39 is 10.0 Å². The molecule has 0 fully saturated rings. The molecule has 2 aromatic rings. The van der Waals surface area contributed by atoms with Gasteiger partial charge in [0.15, 0.2) is 11.5 Å². The van der Waals surface area contributed by atoms with E-state index in [9.17, 15) is 8.42 Å². The number of benzene rings is 2. The lowest BCUT2D eigenvalue weighted by Gasteiger charge is -2.21. The lowest BCUT2D eigenvalue weighted by atomic mass is 10.2. The van der Waals surface area contributed by atoms with Crippen LogP contribution in [0.1, 0.15) is 5.56 Å². The van der Waals surface area contributed by atoms with Crippen LogP contribution in [0.5, 0.6) is 11.5 Å². The fraction of sp³-hybridized carbons (Fsp3) is 0.294. The second-order valence-electron chi connectivity index (χ2n) is 5.41. The highest BCUT2D eigenvalue weighted by Gasteiger charge is 2.21. The minimum absolute atomic E-state index is 0.267. The van der Waals surface area contributed by atoms with Crippen LogP contribution >= 0.6 is 11.8 Å². The molecule has 0 spiro atoms. The van der Waals surface area contributed by atoms with Crippen LogP contribution in [0.15, 0.2) is 52.3 Å². The number of sulfonamides is 1. The van der Waals surface area contributed by atoms with Crippen molar-refractivity contribution in [2.75, 3.05) is 26.5 Å². The zero-order valence-corrected chi connectivity index (χ0v) is 15.2. The van der Waals surface area contributed by atoms with Gasteiger partial charge in [-0.15, -0.1) is 11.8 Å². The molecule has 0 radical (unpaired) electrons. The van der Waals surface area contributed by atoms with Crippen molar-refractivity contribution in [1.29, 1.82) is 0 Å². The highest BCUT2D eigenvalue weighted by molar-refractivity contribution is 7.98. The lowest BCUT2D eigenvalue weighted by molar-refractivity contribution is 0.171. The van der Waals surface area contributed by atoms with Gasteiger partial charge in [-0.2, -0.15) is 4.31 Å². The monoisotopic (exact) mass is 365 g/mol. The van der Waals surface area contributed by atoms with E-state index in [1.54, 1.807) is 30.9 Å². The first-order chi connectivity index (χ1) is 11.5. The molecular formula is C17H19NO4S2. The van der Waals surface area contributed by atoms with Gasteiger partial charge in [-0.3, -0.25) is 0 Å². The van der Waals surface area contributed by atoms with Crippen LogP contribution in [0.4, 0.5) is 0 Å². The third-order valence-corrected chi connectivity index (χ3v) is 6.34. The molecular weight excluding hydrogens is 346 g/mol. The molecule has 0 N–H and O–H groups in total. The van der Waals surface area contributed by atoms with Crippen LogP contribution in [0.2, 0.25) is 0 Å². The summed E-state index contributed by atoms with van der Waals surface area (Å²) in [5.41, 5.74) is 0.853. The normalized spacial score (nSPS) is 14.0. The lowest BCUT2D eigenvalue weighted by Crippen LogP contribution is -2.26. The minimum atomic E-state index is -3.53. The van der Waals surface area contributed by atoms with Gasteiger partial charge in [-0.1, -0.05) is 6.07 Å². The van der Waals surface area contributed by atoms with Gasteiger partial charge in [0.05, 0.1) is 4.90 Å². The van der Waals surface area contributed by atoms with E-state index in [1.807, 2.05) is 36.6 Å². The average molecular weight is 365 g/mol. The second-order valence-corrected chi connectivity index (χ2v) is 8.34. The van der Waals surface area contributed by atoms with E-state index in [4.69, 9.17) is 9.47 Å². The van der Waals surface area contributed by atoms with Crippen LogP contribution in [0.25, 0.3) is 0 Å². The molecule has 0 bridgehead atoms. The zero-order chi connectivity index (χ0) is 17.2. The highest BCUT2D eigenvalue weighted by atomic mass is 32.2. The number of fused-ring (bicyclic) bond motifs is 1. The Hall–Kier alpha value is -1.70. The molecule has 1 aliphatic heterocycles. The molecule has 0 saturated carbocycles. The maximum Gasteiger partial charge on any atom is 0.243 e. The molecule has 2 aromatic carbocycles. The van der Waals surface area contributed by atoms with Crippen LogP contribution in [-0.4, -0.2) is 39.2 Å². The molecule has 0 aromatic heterocycles. The first kappa shape index (κ1) is 17.1.